The number of imidazole rings is 2. The summed E-state index contributed by atoms with van der Waals surface area (Å²) in [6, 6.07) is 5.99. The van der Waals surface area contributed by atoms with Gasteiger partial charge in [-0.05, 0) is 19.1 Å². The third-order valence-electron chi connectivity index (χ3n) is 3.46. The number of rotatable bonds is 2. The van der Waals surface area contributed by atoms with Gasteiger partial charge in [0.2, 0.25) is 0 Å². The fourth-order valence-corrected chi connectivity index (χ4v) is 2.34. The van der Waals surface area contributed by atoms with Crippen molar-refractivity contribution in [3.8, 4) is 11.3 Å². The summed E-state index contributed by atoms with van der Waals surface area (Å²) in [4.78, 5) is 19.7. The standard InChI is InChI=1S/C14H14N4O/c1-9-16-12(7-19)14(18(9)3)10-4-5-13-11(6-10)15-8-17(13)2/h4-8H,1-3H3. The molecule has 0 spiro atoms. The van der Waals surface area contributed by atoms with Crippen molar-refractivity contribution in [1.82, 2.24) is 19.1 Å². The lowest BCUT2D eigenvalue weighted by molar-refractivity contribution is 0.112. The van der Waals surface area contributed by atoms with Gasteiger partial charge in [-0.2, -0.15) is 0 Å². The minimum Gasteiger partial charge on any atom is -0.334 e. The fraction of sp³-hybridized carbons (Fsp3) is 0.214. The molecule has 1 aromatic carbocycles. The Hall–Kier alpha value is -2.43. The fourth-order valence-electron chi connectivity index (χ4n) is 2.34. The minimum absolute atomic E-state index is 0.468. The zero-order chi connectivity index (χ0) is 13.6. The molecule has 0 aliphatic heterocycles. The predicted molar refractivity (Wildman–Crippen MR) is 73.0 cm³/mol. The van der Waals surface area contributed by atoms with Crippen LogP contribution in [0.15, 0.2) is 24.5 Å². The summed E-state index contributed by atoms with van der Waals surface area (Å²) in [5.74, 6) is 0.818. The van der Waals surface area contributed by atoms with Crippen molar-refractivity contribution in [3.05, 3.63) is 36.0 Å². The maximum Gasteiger partial charge on any atom is 0.170 e. The third kappa shape index (κ3) is 1.66. The van der Waals surface area contributed by atoms with Crippen LogP contribution in [0.3, 0.4) is 0 Å². The van der Waals surface area contributed by atoms with E-state index in [9.17, 15) is 4.79 Å². The maximum atomic E-state index is 11.1. The first-order valence-electron chi connectivity index (χ1n) is 6.01. The zero-order valence-electron chi connectivity index (χ0n) is 11.1. The van der Waals surface area contributed by atoms with Crippen LogP contribution in [0.5, 0.6) is 0 Å². The first-order chi connectivity index (χ1) is 9.11. The van der Waals surface area contributed by atoms with Crippen molar-refractivity contribution in [2.75, 3.05) is 0 Å². The SMILES string of the molecule is Cc1nc(C=O)c(-c2ccc3c(c2)ncn3C)n1C. The number of hydrogen-bond acceptors (Lipinski definition) is 3. The number of aromatic nitrogens is 4. The van der Waals surface area contributed by atoms with E-state index in [1.165, 1.54) is 0 Å². The van der Waals surface area contributed by atoms with E-state index in [0.29, 0.717) is 5.69 Å². The van der Waals surface area contributed by atoms with E-state index in [2.05, 4.69) is 9.97 Å². The van der Waals surface area contributed by atoms with Crippen LogP contribution in [0, 0.1) is 6.92 Å². The number of aryl methyl sites for hydroxylation is 2. The Morgan fingerprint density at radius 3 is 2.79 bits per heavy atom. The van der Waals surface area contributed by atoms with E-state index in [4.69, 9.17) is 0 Å². The second kappa shape index (κ2) is 4.05. The van der Waals surface area contributed by atoms with Gasteiger partial charge in [0.25, 0.3) is 0 Å². The van der Waals surface area contributed by atoms with Crippen LogP contribution in [0.4, 0.5) is 0 Å². The highest BCUT2D eigenvalue weighted by molar-refractivity contribution is 5.88. The van der Waals surface area contributed by atoms with Crippen molar-refractivity contribution in [2.45, 2.75) is 6.92 Å². The highest BCUT2D eigenvalue weighted by atomic mass is 16.1. The van der Waals surface area contributed by atoms with Gasteiger partial charge in [-0.3, -0.25) is 4.79 Å². The van der Waals surface area contributed by atoms with Crippen LogP contribution >= 0.6 is 0 Å². The van der Waals surface area contributed by atoms with Crippen molar-refractivity contribution in [2.24, 2.45) is 14.1 Å². The number of carbonyl (C=O) groups is 1. The highest BCUT2D eigenvalue weighted by Gasteiger charge is 2.14. The molecule has 0 aliphatic rings. The molecule has 0 bridgehead atoms. The van der Waals surface area contributed by atoms with Crippen LogP contribution in [-0.4, -0.2) is 25.4 Å². The lowest BCUT2D eigenvalue weighted by Crippen LogP contribution is -1.95. The maximum absolute atomic E-state index is 11.1. The Morgan fingerprint density at radius 1 is 1.26 bits per heavy atom. The molecule has 19 heavy (non-hydrogen) atoms. The lowest BCUT2D eigenvalue weighted by Gasteiger charge is -2.05. The van der Waals surface area contributed by atoms with Crippen LogP contribution in [0.2, 0.25) is 0 Å². The van der Waals surface area contributed by atoms with Gasteiger partial charge in [0.1, 0.15) is 11.5 Å². The van der Waals surface area contributed by atoms with Crippen molar-refractivity contribution < 1.29 is 4.79 Å². The third-order valence-corrected chi connectivity index (χ3v) is 3.46. The molecule has 0 atom stereocenters. The average Bonchev–Trinajstić information content (AvgIpc) is 2.91. The van der Waals surface area contributed by atoms with Crippen molar-refractivity contribution in [1.29, 1.82) is 0 Å². The average molecular weight is 254 g/mol. The lowest BCUT2D eigenvalue weighted by atomic mass is 10.1. The van der Waals surface area contributed by atoms with Crippen molar-refractivity contribution in [3.63, 3.8) is 0 Å². The Balaban J connectivity index is 2.27. The number of fused-ring (bicyclic) bond motifs is 1. The monoisotopic (exact) mass is 254 g/mol. The topological polar surface area (TPSA) is 52.7 Å². The Kier molecular flexibility index (Phi) is 2.48. The molecule has 0 saturated carbocycles. The number of benzene rings is 1. The zero-order valence-corrected chi connectivity index (χ0v) is 11.1. The van der Waals surface area contributed by atoms with Gasteiger partial charge in [0.15, 0.2) is 6.29 Å². The van der Waals surface area contributed by atoms with E-state index in [1.54, 1.807) is 6.33 Å². The summed E-state index contributed by atoms with van der Waals surface area (Å²) in [5.41, 5.74) is 4.23. The molecule has 0 N–H and O–H groups in total. The highest BCUT2D eigenvalue weighted by Crippen LogP contribution is 2.26. The normalized spacial score (nSPS) is 11.1. The minimum atomic E-state index is 0.468. The number of aldehydes is 1. The largest absolute Gasteiger partial charge is 0.334 e. The summed E-state index contributed by atoms with van der Waals surface area (Å²) in [7, 11) is 3.87. The molecule has 2 aromatic heterocycles. The summed E-state index contributed by atoms with van der Waals surface area (Å²) < 4.78 is 3.89. The molecule has 0 saturated heterocycles. The quantitative estimate of drug-likeness (QED) is 0.658. The Morgan fingerprint density at radius 2 is 2.05 bits per heavy atom. The molecule has 2 heterocycles. The summed E-state index contributed by atoms with van der Waals surface area (Å²) >= 11 is 0. The molecular formula is C14H14N4O. The van der Waals surface area contributed by atoms with Crippen LogP contribution in [0.25, 0.3) is 22.3 Å². The molecule has 0 unspecified atom stereocenters. The summed E-state index contributed by atoms with van der Waals surface area (Å²) in [6.45, 7) is 1.88. The molecule has 96 valence electrons. The van der Waals surface area contributed by atoms with E-state index in [0.717, 1.165) is 34.4 Å². The molecule has 0 aliphatic carbocycles. The van der Waals surface area contributed by atoms with Gasteiger partial charge >= 0.3 is 0 Å². The van der Waals surface area contributed by atoms with Gasteiger partial charge in [-0.15, -0.1) is 0 Å². The molecule has 0 radical (unpaired) electrons. The smallest absolute Gasteiger partial charge is 0.170 e. The molecular weight excluding hydrogens is 240 g/mol. The van der Waals surface area contributed by atoms with Crippen LogP contribution < -0.4 is 0 Å². The van der Waals surface area contributed by atoms with E-state index in [1.807, 2.05) is 48.4 Å². The van der Waals surface area contributed by atoms with Crippen LogP contribution in [0.1, 0.15) is 16.3 Å². The van der Waals surface area contributed by atoms with E-state index in [-0.39, 0.29) is 0 Å². The molecule has 3 aromatic rings. The first kappa shape index (κ1) is 11.6. The molecule has 5 heteroatoms. The van der Waals surface area contributed by atoms with Gasteiger partial charge in [-0.1, -0.05) is 6.07 Å². The van der Waals surface area contributed by atoms with E-state index < -0.39 is 0 Å². The number of nitrogens with zero attached hydrogens (tertiary/aromatic N) is 4. The number of carbonyl (C=O) groups excluding carboxylic acids is 1. The van der Waals surface area contributed by atoms with E-state index >= 15 is 0 Å². The van der Waals surface area contributed by atoms with Gasteiger partial charge in [0.05, 0.1) is 23.1 Å². The van der Waals surface area contributed by atoms with Gasteiger partial charge in [0, 0.05) is 19.7 Å². The van der Waals surface area contributed by atoms with Crippen molar-refractivity contribution >= 4 is 17.3 Å². The molecule has 5 nitrogen and oxygen atoms in total. The predicted octanol–water partition coefficient (Wildman–Crippen LogP) is 2.09. The second-order valence-corrected chi connectivity index (χ2v) is 4.63. The molecule has 0 amide bonds. The molecule has 0 fully saturated rings. The first-order valence-corrected chi connectivity index (χ1v) is 6.01. The Labute approximate surface area is 110 Å². The second-order valence-electron chi connectivity index (χ2n) is 4.63. The summed E-state index contributed by atoms with van der Waals surface area (Å²) in [6.07, 6.45) is 2.58. The van der Waals surface area contributed by atoms with Gasteiger partial charge in [-0.25, -0.2) is 9.97 Å². The van der Waals surface area contributed by atoms with Gasteiger partial charge < -0.3 is 9.13 Å². The Bertz CT molecular complexity index is 782. The van der Waals surface area contributed by atoms with Crippen LogP contribution in [-0.2, 0) is 14.1 Å². The molecule has 3 rings (SSSR count). The number of hydrogen-bond donors (Lipinski definition) is 0. The summed E-state index contributed by atoms with van der Waals surface area (Å²) in [5, 5.41) is 0.